The van der Waals surface area contributed by atoms with Gasteiger partial charge in [0.15, 0.2) is 0 Å². The smallest absolute Gasteiger partial charge is 0.166 e. The van der Waals surface area contributed by atoms with Gasteiger partial charge in [-0.25, -0.2) is 0 Å². The van der Waals surface area contributed by atoms with Crippen molar-refractivity contribution in [1.82, 2.24) is 0 Å². The minimum Gasteiger partial charge on any atom is -0.166 e. The Hall–Kier alpha value is -0.700. The first-order valence-corrected chi connectivity index (χ1v) is 6.69. The SMILES string of the molecule is FC(F)(F)c1ccccc1CC1CCCC(Cl)C1. The van der Waals surface area contributed by atoms with E-state index in [9.17, 15) is 13.2 Å². The Bertz CT molecular complexity index is 400. The maximum atomic E-state index is 12.9. The summed E-state index contributed by atoms with van der Waals surface area (Å²) in [5.74, 6) is 0.282. The van der Waals surface area contributed by atoms with Crippen LogP contribution in [0.25, 0.3) is 0 Å². The summed E-state index contributed by atoms with van der Waals surface area (Å²) in [5.41, 5.74) is -0.0949. The minimum atomic E-state index is -4.26. The molecule has 0 bridgehead atoms. The van der Waals surface area contributed by atoms with Gasteiger partial charge in [0, 0.05) is 5.38 Å². The molecule has 0 aliphatic heterocycles. The summed E-state index contributed by atoms with van der Waals surface area (Å²) >= 11 is 6.09. The van der Waals surface area contributed by atoms with Crippen LogP contribution in [-0.4, -0.2) is 5.38 Å². The third kappa shape index (κ3) is 3.41. The Balaban J connectivity index is 2.13. The molecular formula is C14H16ClF3. The van der Waals surface area contributed by atoms with Crippen molar-refractivity contribution in [2.75, 3.05) is 0 Å². The fourth-order valence-corrected chi connectivity index (χ4v) is 3.10. The van der Waals surface area contributed by atoms with Gasteiger partial charge in [-0.1, -0.05) is 31.0 Å². The van der Waals surface area contributed by atoms with Crippen LogP contribution in [-0.2, 0) is 12.6 Å². The van der Waals surface area contributed by atoms with Gasteiger partial charge < -0.3 is 0 Å². The third-order valence-electron chi connectivity index (χ3n) is 3.55. The van der Waals surface area contributed by atoms with Crippen molar-refractivity contribution in [3.63, 3.8) is 0 Å². The predicted octanol–water partition coefficient (Wildman–Crippen LogP) is 5.05. The molecule has 1 saturated carbocycles. The van der Waals surface area contributed by atoms with E-state index in [-0.39, 0.29) is 11.3 Å². The number of hydrogen-bond donors (Lipinski definition) is 0. The molecule has 0 aromatic heterocycles. The summed E-state index contributed by atoms with van der Waals surface area (Å²) in [5, 5.41) is 0.127. The highest BCUT2D eigenvalue weighted by molar-refractivity contribution is 6.20. The lowest BCUT2D eigenvalue weighted by atomic mass is 9.83. The van der Waals surface area contributed by atoms with Crippen molar-refractivity contribution in [1.29, 1.82) is 0 Å². The summed E-state index contributed by atoms with van der Waals surface area (Å²) in [6, 6.07) is 5.86. The van der Waals surface area contributed by atoms with Crippen LogP contribution in [0.2, 0.25) is 0 Å². The average molecular weight is 277 g/mol. The van der Waals surface area contributed by atoms with Crippen LogP contribution < -0.4 is 0 Å². The predicted molar refractivity (Wildman–Crippen MR) is 66.7 cm³/mol. The summed E-state index contributed by atoms with van der Waals surface area (Å²) in [4.78, 5) is 0. The second kappa shape index (κ2) is 5.52. The van der Waals surface area contributed by atoms with Gasteiger partial charge in [0.25, 0.3) is 0 Å². The van der Waals surface area contributed by atoms with E-state index in [0.717, 1.165) is 31.7 Å². The number of rotatable bonds is 2. The van der Waals surface area contributed by atoms with Crippen LogP contribution >= 0.6 is 11.6 Å². The standard InChI is InChI=1S/C14H16ClF3/c15-12-6-3-4-10(9-12)8-11-5-1-2-7-13(11)14(16,17)18/h1-2,5,7,10,12H,3-4,6,8-9H2. The Kier molecular flexibility index (Phi) is 4.21. The lowest BCUT2D eigenvalue weighted by Gasteiger charge is -2.26. The molecule has 0 saturated heterocycles. The molecule has 1 aromatic carbocycles. The van der Waals surface area contributed by atoms with Crippen LogP contribution in [0.5, 0.6) is 0 Å². The molecular weight excluding hydrogens is 261 g/mol. The normalized spacial score (nSPS) is 25.1. The summed E-state index contributed by atoms with van der Waals surface area (Å²) in [6.07, 6.45) is 0.0413. The first-order valence-electron chi connectivity index (χ1n) is 6.26. The molecule has 0 N–H and O–H groups in total. The van der Waals surface area contributed by atoms with Crippen molar-refractivity contribution in [3.05, 3.63) is 35.4 Å². The highest BCUT2D eigenvalue weighted by Crippen LogP contribution is 2.36. The Morgan fingerprint density at radius 1 is 1.17 bits per heavy atom. The lowest BCUT2D eigenvalue weighted by molar-refractivity contribution is -0.138. The highest BCUT2D eigenvalue weighted by Gasteiger charge is 2.33. The van der Waals surface area contributed by atoms with Gasteiger partial charge in [0.05, 0.1) is 5.56 Å². The molecule has 0 amide bonds. The highest BCUT2D eigenvalue weighted by atomic mass is 35.5. The van der Waals surface area contributed by atoms with Crippen LogP contribution in [0.1, 0.15) is 36.8 Å². The zero-order valence-electron chi connectivity index (χ0n) is 10.0. The molecule has 4 heteroatoms. The van der Waals surface area contributed by atoms with Gasteiger partial charge in [-0.15, -0.1) is 11.6 Å². The van der Waals surface area contributed by atoms with Crippen LogP contribution in [0, 0.1) is 5.92 Å². The molecule has 18 heavy (non-hydrogen) atoms. The van der Waals surface area contributed by atoms with E-state index in [1.807, 2.05) is 0 Å². The van der Waals surface area contributed by atoms with Crippen LogP contribution in [0.3, 0.4) is 0 Å². The van der Waals surface area contributed by atoms with E-state index < -0.39 is 11.7 Å². The van der Waals surface area contributed by atoms with Gasteiger partial charge >= 0.3 is 6.18 Å². The maximum Gasteiger partial charge on any atom is 0.416 e. The molecule has 0 nitrogen and oxygen atoms in total. The molecule has 1 aliphatic carbocycles. The van der Waals surface area contributed by atoms with E-state index in [1.165, 1.54) is 6.07 Å². The molecule has 100 valence electrons. The first kappa shape index (κ1) is 13.7. The Labute approximate surface area is 110 Å². The van der Waals surface area contributed by atoms with Crippen LogP contribution in [0.4, 0.5) is 13.2 Å². The fraction of sp³-hybridized carbons (Fsp3) is 0.571. The Morgan fingerprint density at radius 2 is 1.89 bits per heavy atom. The zero-order chi connectivity index (χ0) is 13.2. The van der Waals surface area contributed by atoms with Gasteiger partial charge in [-0.05, 0) is 36.8 Å². The largest absolute Gasteiger partial charge is 0.416 e. The number of hydrogen-bond acceptors (Lipinski definition) is 0. The van der Waals surface area contributed by atoms with Gasteiger partial charge in [-0.2, -0.15) is 13.2 Å². The lowest BCUT2D eigenvalue weighted by Crippen LogP contribution is -2.19. The van der Waals surface area contributed by atoms with E-state index >= 15 is 0 Å². The second-order valence-electron chi connectivity index (χ2n) is 4.99. The van der Waals surface area contributed by atoms with Crippen molar-refractivity contribution in [2.45, 2.75) is 43.7 Å². The molecule has 2 rings (SSSR count). The number of alkyl halides is 4. The molecule has 1 aliphatic rings. The van der Waals surface area contributed by atoms with Crippen molar-refractivity contribution < 1.29 is 13.2 Å². The monoisotopic (exact) mass is 276 g/mol. The zero-order valence-corrected chi connectivity index (χ0v) is 10.8. The van der Waals surface area contributed by atoms with Crippen molar-refractivity contribution in [3.8, 4) is 0 Å². The molecule has 1 fully saturated rings. The molecule has 0 radical (unpaired) electrons. The average Bonchev–Trinajstić information content (AvgIpc) is 2.28. The van der Waals surface area contributed by atoms with E-state index in [2.05, 4.69) is 0 Å². The van der Waals surface area contributed by atoms with Gasteiger partial charge in [0.1, 0.15) is 0 Å². The number of halogens is 4. The minimum absolute atomic E-state index is 0.127. The van der Waals surface area contributed by atoms with Gasteiger partial charge in [0.2, 0.25) is 0 Å². The van der Waals surface area contributed by atoms with E-state index in [0.29, 0.717) is 12.0 Å². The number of benzene rings is 1. The fourth-order valence-electron chi connectivity index (χ4n) is 2.70. The van der Waals surface area contributed by atoms with E-state index in [4.69, 9.17) is 11.6 Å². The van der Waals surface area contributed by atoms with Crippen LogP contribution in [0.15, 0.2) is 24.3 Å². The molecule has 1 aromatic rings. The maximum absolute atomic E-state index is 12.9. The third-order valence-corrected chi connectivity index (χ3v) is 3.95. The summed E-state index contributed by atoms with van der Waals surface area (Å²) < 4.78 is 38.6. The topological polar surface area (TPSA) is 0 Å². The quantitative estimate of drug-likeness (QED) is 0.664. The molecule has 0 heterocycles. The molecule has 2 unspecified atom stereocenters. The first-order chi connectivity index (χ1) is 8.47. The molecule has 2 atom stereocenters. The summed E-state index contributed by atoms with van der Waals surface area (Å²) in [6.45, 7) is 0. The van der Waals surface area contributed by atoms with E-state index in [1.54, 1.807) is 12.1 Å². The Morgan fingerprint density at radius 3 is 2.56 bits per heavy atom. The second-order valence-corrected chi connectivity index (χ2v) is 5.61. The molecule has 0 spiro atoms. The van der Waals surface area contributed by atoms with Gasteiger partial charge in [-0.3, -0.25) is 0 Å². The van der Waals surface area contributed by atoms with Crippen molar-refractivity contribution in [2.24, 2.45) is 5.92 Å². The summed E-state index contributed by atoms with van der Waals surface area (Å²) in [7, 11) is 0. The van der Waals surface area contributed by atoms with Crippen molar-refractivity contribution >= 4 is 11.6 Å².